The Balaban J connectivity index is 1.67. The van der Waals surface area contributed by atoms with Gasteiger partial charge in [0, 0.05) is 5.56 Å². The highest BCUT2D eigenvalue weighted by atomic mass is 35.5. The van der Waals surface area contributed by atoms with E-state index in [-0.39, 0.29) is 24.0 Å². The summed E-state index contributed by atoms with van der Waals surface area (Å²) in [6.07, 6.45) is 0. The highest BCUT2D eigenvalue weighted by Crippen LogP contribution is 2.31. The maximum absolute atomic E-state index is 12.3. The van der Waals surface area contributed by atoms with E-state index in [2.05, 4.69) is 10.4 Å². The molecule has 0 fully saturated rings. The Hall–Kier alpha value is -2.88. The maximum atomic E-state index is 12.3. The molecule has 1 amide bonds. The molecular weight excluding hydrogens is 428 g/mol. The number of hydrogen-bond acceptors (Lipinski definition) is 7. The molecule has 0 saturated carbocycles. The van der Waals surface area contributed by atoms with Crippen LogP contribution < -0.4 is 14.8 Å². The summed E-state index contributed by atoms with van der Waals surface area (Å²) in [4.78, 5) is 14.2. The lowest BCUT2D eigenvalue weighted by Crippen LogP contribution is -2.32. The first kappa shape index (κ1) is 21.8. The molecule has 0 aliphatic heterocycles. The minimum absolute atomic E-state index is 0.117. The maximum Gasteiger partial charge on any atom is 0.288 e. The van der Waals surface area contributed by atoms with Crippen LogP contribution in [0.1, 0.15) is 0 Å². The highest BCUT2D eigenvalue weighted by Gasteiger charge is 2.14. The Bertz CT molecular complexity index is 1100. The van der Waals surface area contributed by atoms with Crippen LogP contribution >= 0.6 is 23.8 Å². The zero-order valence-corrected chi connectivity index (χ0v) is 18.3. The first-order valence-corrected chi connectivity index (χ1v) is 9.73. The van der Waals surface area contributed by atoms with Crippen molar-refractivity contribution in [2.24, 2.45) is 0 Å². The van der Waals surface area contributed by atoms with Crippen molar-refractivity contribution in [1.82, 2.24) is 14.7 Å². The SMILES string of the molecule is COc1ccc(-c2nn(CN(C)CC(=O)Nc3ccccc3Cl)c(=S)o2)cc1OC. The van der Waals surface area contributed by atoms with E-state index in [0.29, 0.717) is 33.7 Å². The number of halogens is 1. The van der Waals surface area contributed by atoms with E-state index in [1.165, 1.54) is 4.68 Å². The van der Waals surface area contributed by atoms with Crippen molar-refractivity contribution in [3.63, 3.8) is 0 Å². The van der Waals surface area contributed by atoms with Crippen LogP contribution in [-0.2, 0) is 11.5 Å². The van der Waals surface area contributed by atoms with Gasteiger partial charge in [-0.25, -0.2) is 4.68 Å². The van der Waals surface area contributed by atoms with Gasteiger partial charge in [0.25, 0.3) is 4.84 Å². The third-order valence-electron chi connectivity index (χ3n) is 4.17. The van der Waals surface area contributed by atoms with Crippen LogP contribution in [0.25, 0.3) is 11.5 Å². The second-order valence-corrected chi connectivity index (χ2v) is 7.18. The molecule has 1 N–H and O–H groups in total. The summed E-state index contributed by atoms with van der Waals surface area (Å²) in [6.45, 7) is 0.386. The van der Waals surface area contributed by atoms with Gasteiger partial charge in [0.1, 0.15) is 0 Å². The lowest BCUT2D eigenvalue weighted by Gasteiger charge is -2.16. The number of methoxy groups -OCH3 is 2. The first-order valence-electron chi connectivity index (χ1n) is 8.94. The van der Waals surface area contributed by atoms with E-state index in [1.807, 2.05) is 0 Å². The zero-order valence-electron chi connectivity index (χ0n) is 16.7. The third-order valence-corrected chi connectivity index (χ3v) is 4.80. The molecule has 0 aliphatic carbocycles. The van der Waals surface area contributed by atoms with Crippen LogP contribution in [0.3, 0.4) is 0 Å². The van der Waals surface area contributed by atoms with Gasteiger partial charge in [0.05, 0.1) is 38.1 Å². The van der Waals surface area contributed by atoms with Gasteiger partial charge in [-0.2, -0.15) is 0 Å². The number of anilines is 1. The van der Waals surface area contributed by atoms with E-state index in [9.17, 15) is 4.79 Å². The number of nitrogens with zero attached hydrogens (tertiary/aromatic N) is 3. The largest absolute Gasteiger partial charge is 0.493 e. The molecule has 0 aliphatic rings. The molecule has 3 aromatic rings. The first-order chi connectivity index (χ1) is 14.4. The summed E-state index contributed by atoms with van der Waals surface area (Å²) in [5.41, 5.74) is 1.25. The number of amides is 1. The summed E-state index contributed by atoms with van der Waals surface area (Å²) in [5, 5.41) is 7.67. The van der Waals surface area contributed by atoms with Crippen molar-refractivity contribution >= 4 is 35.4 Å². The number of carbonyl (C=O) groups is 1. The third kappa shape index (κ3) is 5.18. The van der Waals surface area contributed by atoms with Crippen LogP contribution in [-0.4, -0.2) is 48.4 Å². The highest BCUT2D eigenvalue weighted by molar-refractivity contribution is 7.71. The lowest BCUT2D eigenvalue weighted by molar-refractivity contribution is -0.117. The van der Waals surface area contributed by atoms with Gasteiger partial charge in [0.15, 0.2) is 11.5 Å². The van der Waals surface area contributed by atoms with Crippen molar-refractivity contribution in [2.45, 2.75) is 6.67 Å². The van der Waals surface area contributed by atoms with E-state index >= 15 is 0 Å². The number of para-hydroxylation sites is 1. The van der Waals surface area contributed by atoms with Crippen LogP contribution in [0.4, 0.5) is 5.69 Å². The average molecular weight is 449 g/mol. The number of benzene rings is 2. The molecule has 2 aromatic carbocycles. The van der Waals surface area contributed by atoms with Crippen molar-refractivity contribution < 1.29 is 18.7 Å². The van der Waals surface area contributed by atoms with Crippen LogP contribution in [0.5, 0.6) is 11.5 Å². The molecule has 0 bridgehead atoms. The number of hydrogen-bond donors (Lipinski definition) is 1. The summed E-state index contributed by atoms with van der Waals surface area (Å²) in [5.74, 6) is 1.29. The fourth-order valence-corrected chi connectivity index (χ4v) is 3.12. The summed E-state index contributed by atoms with van der Waals surface area (Å²) in [6, 6.07) is 12.4. The van der Waals surface area contributed by atoms with Crippen molar-refractivity contribution in [3.8, 4) is 23.0 Å². The van der Waals surface area contributed by atoms with Gasteiger partial charge >= 0.3 is 0 Å². The standard InChI is InChI=1S/C20H21ClN4O4S/c1-24(11-18(26)22-15-7-5-4-6-14(15)21)12-25-20(30)29-19(23-25)13-8-9-16(27-2)17(10-13)28-3/h4-10H,11-12H2,1-3H3,(H,22,26). The molecule has 1 aromatic heterocycles. The minimum atomic E-state index is -0.208. The van der Waals surface area contributed by atoms with Crippen LogP contribution in [0, 0.1) is 4.84 Å². The lowest BCUT2D eigenvalue weighted by atomic mass is 10.2. The summed E-state index contributed by atoms with van der Waals surface area (Å²) >= 11 is 11.3. The molecule has 158 valence electrons. The number of rotatable bonds is 8. The Morgan fingerprint density at radius 3 is 2.67 bits per heavy atom. The molecule has 0 atom stereocenters. The van der Waals surface area contributed by atoms with Gasteiger partial charge in [-0.3, -0.25) is 9.69 Å². The van der Waals surface area contributed by atoms with Crippen LogP contribution in [0.15, 0.2) is 46.9 Å². The molecule has 1 heterocycles. The van der Waals surface area contributed by atoms with E-state index in [0.717, 1.165) is 0 Å². The van der Waals surface area contributed by atoms with E-state index in [4.69, 9.17) is 37.7 Å². The smallest absolute Gasteiger partial charge is 0.288 e. The average Bonchev–Trinajstić information content (AvgIpc) is 3.09. The normalized spacial score (nSPS) is 10.8. The molecule has 0 saturated heterocycles. The Kier molecular flexibility index (Phi) is 7.09. The molecular formula is C20H21ClN4O4S. The number of ether oxygens (including phenoxy) is 2. The van der Waals surface area contributed by atoms with Crippen LogP contribution in [0.2, 0.25) is 5.02 Å². The Labute approximate surface area is 184 Å². The number of likely N-dealkylation sites (N-methyl/N-ethyl adjacent to an activating group) is 1. The predicted molar refractivity (Wildman–Crippen MR) is 117 cm³/mol. The molecule has 0 radical (unpaired) electrons. The number of aromatic nitrogens is 2. The van der Waals surface area contributed by atoms with Gasteiger partial charge in [-0.15, -0.1) is 5.10 Å². The van der Waals surface area contributed by atoms with Gasteiger partial charge < -0.3 is 19.2 Å². The predicted octanol–water partition coefficient (Wildman–Crippen LogP) is 4.07. The quantitative estimate of drug-likeness (QED) is 0.520. The summed E-state index contributed by atoms with van der Waals surface area (Å²) in [7, 11) is 4.90. The van der Waals surface area contributed by atoms with Gasteiger partial charge in [-0.05, 0) is 49.6 Å². The number of carbonyl (C=O) groups excluding carboxylic acids is 1. The monoisotopic (exact) mass is 448 g/mol. The molecule has 30 heavy (non-hydrogen) atoms. The topological polar surface area (TPSA) is 81.8 Å². The molecule has 0 unspecified atom stereocenters. The second kappa shape index (κ2) is 9.75. The molecule has 10 heteroatoms. The van der Waals surface area contributed by atoms with Crippen molar-refractivity contribution in [2.75, 3.05) is 33.1 Å². The molecule has 3 rings (SSSR count). The van der Waals surface area contributed by atoms with Gasteiger partial charge in [-0.1, -0.05) is 23.7 Å². The summed E-state index contributed by atoms with van der Waals surface area (Å²) < 4.78 is 17.7. The Morgan fingerprint density at radius 1 is 1.23 bits per heavy atom. The van der Waals surface area contributed by atoms with E-state index < -0.39 is 0 Å². The van der Waals surface area contributed by atoms with Crippen molar-refractivity contribution in [3.05, 3.63) is 52.3 Å². The molecule has 8 nitrogen and oxygen atoms in total. The zero-order chi connectivity index (χ0) is 21.7. The fraction of sp³-hybridized carbons (Fsp3) is 0.250. The molecule has 0 spiro atoms. The minimum Gasteiger partial charge on any atom is -0.493 e. The second-order valence-electron chi connectivity index (χ2n) is 6.43. The van der Waals surface area contributed by atoms with Crippen molar-refractivity contribution in [1.29, 1.82) is 0 Å². The fourth-order valence-electron chi connectivity index (χ4n) is 2.76. The number of nitrogens with one attached hydrogen (secondary N) is 1. The van der Waals surface area contributed by atoms with Gasteiger partial charge in [0.2, 0.25) is 11.8 Å². The van der Waals surface area contributed by atoms with E-state index in [1.54, 1.807) is 68.6 Å². The Morgan fingerprint density at radius 2 is 1.97 bits per heavy atom.